The molecule has 0 aliphatic rings. The Labute approximate surface area is 160 Å². The highest BCUT2D eigenvalue weighted by Crippen LogP contribution is 2.44. The maximum Gasteiger partial charge on any atom is 0.322 e. The molecule has 1 heterocycles. The number of halogens is 3. The molecular weight excluding hydrogens is 474 g/mol. The number of phenols is 1. The Balaban J connectivity index is 2.44. The number of carboxylic acid groups (broad SMARTS) is 1. The SMILES string of the molecule is COc1nc(NCC(=O)O)c(Cl)c(Oc2ccc(O)c(I)c2)c1Cl. The zero-order valence-corrected chi connectivity index (χ0v) is 15.8. The van der Waals surface area contributed by atoms with E-state index in [1.165, 1.54) is 19.2 Å². The third-order valence-corrected chi connectivity index (χ3v) is 4.30. The monoisotopic (exact) mass is 484 g/mol. The summed E-state index contributed by atoms with van der Waals surface area (Å²) in [6.45, 7) is -0.395. The van der Waals surface area contributed by atoms with E-state index in [4.69, 9.17) is 37.8 Å². The number of carboxylic acids is 1. The molecule has 2 rings (SSSR count). The van der Waals surface area contributed by atoms with Crippen LogP contribution in [-0.4, -0.2) is 34.8 Å². The molecule has 0 bridgehead atoms. The summed E-state index contributed by atoms with van der Waals surface area (Å²) < 4.78 is 11.3. The summed E-state index contributed by atoms with van der Waals surface area (Å²) in [4.78, 5) is 14.7. The minimum Gasteiger partial charge on any atom is -0.507 e. The number of pyridine rings is 1. The van der Waals surface area contributed by atoms with Crippen molar-refractivity contribution < 1.29 is 24.5 Å². The fraction of sp³-hybridized carbons (Fsp3) is 0.143. The number of hydrogen-bond donors (Lipinski definition) is 3. The average Bonchev–Trinajstić information content (AvgIpc) is 2.54. The number of rotatable bonds is 6. The van der Waals surface area contributed by atoms with Crippen molar-refractivity contribution in [2.45, 2.75) is 0 Å². The van der Waals surface area contributed by atoms with Crippen molar-refractivity contribution in [2.24, 2.45) is 0 Å². The molecule has 24 heavy (non-hydrogen) atoms. The number of phenolic OH excluding ortho intramolecular Hbond substituents is 1. The van der Waals surface area contributed by atoms with Gasteiger partial charge in [0.1, 0.15) is 28.1 Å². The highest BCUT2D eigenvalue weighted by atomic mass is 127. The first-order valence-electron chi connectivity index (χ1n) is 6.38. The molecule has 1 aromatic heterocycles. The molecule has 0 saturated heterocycles. The van der Waals surface area contributed by atoms with E-state index in [1.54, 1.807) is 6.07 Å². The molecule has 0 fully saturated rings. The maximum absolute atomic E-state index is 10.7. The molecule has 0 aliphatic carbocycles. The predicted molar refractivity (Wildman–Crippen MR) is 97.8 cm³/mol. The minimum atomic E-state index is -1.09. The quantitative estimate of drug-likeness (QED) is 0.533. The largest absolute Gasteiger partial charge is 0.507 e. The Morgan fingerprint density at radius 2 is 2.08 bits per heavy atom. The van der Waals surface area contributed by atoms with Crippen LogP contribution in [0.2, 0.25) is 10.0 Å². The number of carbonyl (C=O) groups is 1. The van der Waals surface area contributed by atoms with E-state index in [0.717, 1.165) is 0 Å². The van der Waals surface area contributed by atoms with E-state index < -0.39 is 12.5 Å². The smallest absolute Gasteiger partial charge is 0.322 e. The normalized spacial score (nSPS) is 10.3. The molecule has 0 aliphatic heterocycles. The summed E-state index contributed by atoms with van der Waals surface area (Å²) in [5.74, 6) is -0.465. The number of benzene rings is 1. The van der Waals surface area contributed by atoms with E-state index in [1.807, 2.05) is 22.6 Å². The van der Waals surface area contributed by atoms with Gasteiger partial charge in [-0.25, -0.2) is 0 Å². The molecule has 10 heteroatoms. The zero-order chi connectivity index (χ0) is 17.9. The van der Waals surface area contributed by atoms with Crippen LogP contribution in [0.4, 0.5) is 5.82 Å². The molecule has 3 N–H and O–H groups in total. The number of hydrogen-bond acceptors (Lipinski definition) is 6. The number of nitrogens with zero attached hydrogens (tertiary/aromatic N) is 1. The van der Waals surface area contributed by atoms with E-state index >= 15 is 0 Å². The van der Waals surface area contributed by atoms with Gasteiger partial charge in [-0.05, 0) is 40.8 Å². The summed E-state index contributed by atoms with van der Waals surface area (Å²) in [5.41, 5.74) is 0. The number of ether oxygens (including phenoxy) is 2. The van der Waals surface area contributed by atoms with Crippen molar-refractivity contribution >= 4 is 57.6 Å². The Bertz CT molecular complexity index is 788. The van der Waals surface area contributed by atoms with Crippen molar-refractivity contribution in [2.75, 3.05) is 19.0 Å². The molecule has 0 radical (unpaired) electrons. The molecule has 0 atom stereocenters. The van der Waals surface area contributed by atoms with Crippen molar-refractivity contribution in [3.05, 3.63) is 31.8 Å². The van der Waals surface area contributed by atoms with Crippen molar-refractivity contribution in [3.63, 3.8) is 0 Å². The number of methoxy groups -OCH3 is 1. The number of aliphatic carboxylic acids is 1. The number of aromatic hydroxyl groups is 1. The van der Waals surface area contributed by atoms with Gasteiger partial charge in [0, 0.05) is 0 Å². The summed E-state index contributed by atoms with van der Waals surface area (Å²) in [5, 5.41) is 20.9. The van der Waals surface area contributed by atoms with Crippen LogP contribution in [0.3, 0.4) is 0 Å². The standard InChI is InChI=1S/C14H11Cl2IN2O5/c1-23-14-11(16)12(10(15)13(19-14)18-5-9(21)22)24-6-2-3-8(20)7(17)4-6/h2-4,20H,5H2,1H3,(H,18,19)(H,21,22). The first-order chi connectivity index (χ1) is 11.3. The molecule has 0 unspecified atom stereocenters. The summed E-state index contributed by atoms with van der Waals surface area (Å²) in [6.07, 6.45) is 0. The van der Waals surface area contributed by atoms with Crippen molar-refractivity contribution in [3.8, 4) is 23.1 Å². The molecule has 0 spiro atoms. The van der Waals surface area contributed by atoms with E-state index in [0.29, 0.717) is 9.32 Å². The van der Waals surface area contributed by atoms with E-state index in [-0.39, 0.29) is 33.2 Å². The highest BCUT2D eigenvalue weighted by Gasteiger charge is 2.21. The lowest BCUT2D eigenvalue weighted by atomic mass is 10.3. The Hall–Kier alpha value is -1.65. The Morgan fingerprint density at radius 1 is 1.38 bits per heavy atom. The van der Waals surface area contributed by atoms with Crippen LogP contribution in [0.5, 0.6) is 23.1 Å². The van der Waals surface area contributed by atoms with Gasteiger partial charge >= 0.3 is 5.97 Å². The number of anilines is 1. The molecular formula is C14H11Cl2IN2O5. The van der Waals surface area contributed by atoms with Gasteiger partial charge < -0.3 is 25.0 Å². The first-order valence-corrected chi connectivity index (χ1v) is 8.22. The second-order valence-corrected chi connectivity index (χ2v) is 6.31. The van der Waals surface area contributed by atoms with Crippen LogP contribution in [0.25, 0.3) is 0 Å². The summed E-state index contributed by atoms with van der Waals surface area (Å²) in [6, 6.07) is 4.57. The molecule has 0 amide bonds. The zero-order valence-electron chi connectivity index (χ0n) is 12.1. The third-order valence-electron chi connectivity index (χ3n) is 2.75. The topological polar surface area (TPSA) is 101 Å². The lowest BCUT2D eigenvalue weighted by Crippen LogP contribution is -2.14. The third kappa shape index (κ3) is 4.25. The molecule has 2 aromatic rings. The number of nitrogens with one attached hydrogen (secondary N) is 1. The van der Waals surface area contributed by atoms with Crippen LogP contribution in [0.15, 0.2) is 18.2 Å². The van der Waals surface area contributed by atoms with Crippen LogP contribution in [0.1, 0.15) is 0 Å². The second kappa shape index (κ2) is 7.95. The van der Waals surface area contributed by atoms with Crippen molar-refractivity contribution in [1.29, 1.82) is 0 Å². The predicted octanol–water partition coefficient (Wildman–Crippen LogP) is 4.00. The lowest BCUT2D eigenvalue weighted by molar-refractivity contribution is -0.134. The fourth-order valence-corrected chi connectivity index (χ4v) is 2.70. The van der Waals surface area contributed by atoms with Crippen LogP contribution in [0, 0.1) is 3.57 Å². The average molecular weight is 485 g/mol. The van der Waals surface area contributed by atoms with E-state index in [2.05, 4.69) is 10.3 Å². The minimum absolute atomic E-state index is 0.00475. The first kappa shape index (κ1) is 18.7. The van der Waals surface area contributed by atoms with Gasteiger partial charge in [-0.15, -0.1) is 0 Å². The summed E-state index contributed by atoms with van der Waals surface area (Å²) in [7, 11) is 1.36. The maximum atomic E-state index is 10.7. The summed E-state index contributed by atoms with van der Waals surface area (Å²) >= 11 is 14.3. The lowest BCUT2D eigenvalue weighted by Gasteiger charge is -2.15. The van der Waals surface area contributed by atoms with Gasteiger partial charge in [0.25, 0.3) is 0 Å². The van der Waals surface area contributed by atoms with Gasteiger partial charge in [0.05, 0.1) is 10.7 Å². The van der Waals surface area contributed by atoms with Gasteiger partial charge in [-0.2, -0.15) is 4.98 Å². The van der Waals surface area contributed by atoms with Crippen LogP contribution in [-0.2, 0) is 4.79 Å². The van der Waals surface area contributed by atoms with Crippen LogP contribution >= 0.6 is 45.8 Å². The van der Waals surface area contributed by atoms with Gasteiger partial charge in [-0.1, -0.05) is 23.2 Å². The highest BCUT2D eigenvalue weighted by molar-refractivity contribution is 14.1. The van der Waals surface area contributed by atoms with Crippen molar-refractivity contribution in [1.82, 2.24) is 4.98 Å². The molecule has 1 aromatic carbocycles. The van der Waals surface area contributed by atoms with Gasteiger partial charge in [0.2, 0.25) is 5.88 Å². The Morgan fingerprint density at radius 3 is 2.67 bits per heavy atom. The molecule has 128 valence electrons. The van der Waals surface area contributed by atoms with Gasteiger partial charge in [-0.3, -0.25) is 4.79 Å². The van der Waals surface area contributed by atoms with Crippen LogP contribution < -0.4 is 14.8 Å². The Kier molecular flexibility index (Phi) is 6.19. The van der Waals surface area contributed by atoms with E-state index in [9.17, 15) is 9.90 Å². The second-order valence-electron chi connectivity index (χ2n) is 4.39. The fourth-order valence-electron chi connectivity index (χ4n) is 1.67. The number of aromatic nitrogens is 1. The van der Waals surface area contributed by atoms with Gasteiger partial charge in [0.15, 0.2) is 11.6 Å². The molecule has 7 nitrogen and oxygen atoms in total. The molecule has 0 saturated carbocycles.